The summed E-state index contributed by atoms with van der Waals surface area (Å²) < 4.78 is 26.5. The highest BCUT2D eigenvalue weighted by Crippen LogP contribution is 2.30. The van der Waals surface area contributed by atoms with Gasteiger partial charge in [-0.05, 0) is 36.6 Å². The van der Waals surface area contributed by atoms with Crippen LogP contribution in [0.5, 0.6) is 0 Å². The molecule has 0 aliphatic carbocycles. The van der Waals surface area contributed by atoms with Crippen LogP contribution in [-0.4, -0.2) is 19.8 Å². The van der Waals surface area contributed by atoms with Gasteiger partial charge in [0, 0.05) is 22.0 Å². The summed E-state index contributed by atoms with van der Waals surface area (Å²) >= 11 is 13.3. The summed E-state index contributed by atoms with van der Waals surface area (Å²) in [6.45, 7) is 1.84. The van der Waals surface area contributed by atoms with Crippen molar-refractivity contribution in [3.8, 4) is 0 Å². The monoisotopic (exact) mass is 349 g/mol. The van der Waals surface area contributed by atoms with Crippen molar-refractivity contribution in [3.63, 3.8) is 0 Å². The van der Waals surface area contributed by atoms with E-state index in [2.05, 4.69) is 0 Å². The zero-order valence-electron chi connectivity index (χ0n) is 10.9. The van der Waals surface area contributed by atoms with Gasteiger partial charge in [-0.2, -0.15) is 4.31 Å². The second kappa shape index (κ2) is 6.03. The molecule has 0 aliphatic rings. The molecule has 1 aromatic heterocycles. The van der Waals surface area contributed by atoms with Gasteiger partial charge in [-0.15, -0.1) is 11.3 Å². The highest BCUT2D eigenvalue weighted by Gasteiger charge is 2.27. The fourth-order valence-electron chi connectivity index (χ4n) is 1.76. The molecule has 20 heavy (non-hydrogen) atoms. The number of thiophene rings is 1. The second-order valence-electron chi connectivity index (χ2n) is 4.32. The molecule has 0 saturated carbocycles. The van der Waals surface area contributed by atoms with Crippen LogP contribution in [-0.2, 0) is 10.0 Å². The van der Waals surface area contributed by atoms with Crippen molar-refractivity contribution in [1.82, 2.24) is 4.31 Å². The Morgan fingerprint density at radius 3 is 2.30 bits per heavy atom. The van der Waals surface area contributed by atoms with Crippen molar-refractivity contribution in [2.24, 2.45) is 0 Å². The topological polar surface area (TPSA) is 37.4 Å². The smallest absolute Gasteiger partial charge is 0.207 e. The molecule has 7 heteroatoms. The Balaban J connectivity index is 2.39. The molecule has 3 nitrogen and oxygen atoms in total. The Bertz CT molecular complexity index is 679. The molecule has 2 aromatic rings. The summed E-state index contributed by atoms with van der Waals surface area (Å²) in [6, 6.07) is 7.86. The van der Waals surface area contributed by atoms with E-state index < -0.39 is 10.0 Å². The number of hydrogen-bond donors (Lipinski definition) is 0. The molecule has 2 rings (SSSR count). The molecule has 0 saturated heterocycles. The molecule has 0 radical (unpaired) electrons. The molecule has 0 bridgehead atoms. The van der Waals surface area contributed by atoms with Crippen molar-refractivity contribution < 1.29 is 8.42 Å². The molecular formula is C13H13Cl2NO2S2. The van der Waals surface area contributed by atoms with Crippen LogP contribution in [0.3, 0.4) is 0 Å². The Morgan fingerprint density at radius 1 is 1.20 bits per heavy atom. The lowest BCUT2D eigenvalue weighted by molar-refractivity contribution is 0.403. The summed E-state index contributed by atoms with van der Waals surface area (Å²) in [6.07, 6.45) is 0. The van der Waals surface area contributed by atoms with Crippen LogP contribution in [0, 0.1) is 0 Å². The summed E-state index contributed by atoms with van der Waals surface area (Å²) in [4.78, 5) is 1.07. The van der Waals surface area contributed by atoms with Crippen molar-refractivity contribution >= 4 is 44.6 Å². The van der Waals surface area contributed by atoms with Gasteiger partial charge in [0.25, 0.3) is 0 Å². The van der Waals surface area contributed by atoms with E-state index >= 15 is 0 Å². The van der Waals surface area contributed by atoms with Crippen LogP contribution in [0.4, 0.5) is 0 Å². The van der Waals surface area contributed by atoms with Crippen LogP contribution in [0.1, 0.15) is 17.8 Å². The molecule has 1 unspecified atom stereocenters. The Hall–Kier alpha value is -0.590. The maximum Gasteiger partial charge on any atom is 0.243 e. The van der Waals surface area contributed by atoms with Crippen LogP contribution in [0.15, 0.2) is 40.6 Å². The number of hydrogen-bond acceptors (Lipinski definition) is 3. The lowest BCUT2D eigenvalue weighted by Crippen LogP contribution is -2.29. The van der Waals surface area contributed by atoms with Crippen LogP contribution >= 0.6 is 34.5 Å². The fraction of sp³-hybridized carbons (Fsp3) is 0.231. The first-order valence-electron chi connectivity index (χ1n) is 5.80. The van der Waals surface area contributed by atoms with E-state index in [-0.39, 0.29) is 10.9 Å². The molecule has 0 N–H and O–H groups in total. The molecule has 1 aromatic carbocycles. The molecule has 0 spiro atoms. The van der Waals surface area contributed by atoms with Gasteiger partial charge in [0.05, 0.1) is 10.9 Å². The van der Waals surface area contributed by atoms with Gasteiger partial charge < -0.3 is 0 Å². The van der Waals surface area contributed by atoms with E-state index in [9.17, 15) is 8.42 Å². The Labute approximate surface area is 132 Å². The van der Waals surface area contributed by atoms with Crippen molar-refractivity contribution in [2.45, 2.75) is 17.9 Å². The molecule has 0 amide bonds. The molecule has 0 fully saturated rings. The van der Waals surface area contributed by atoms with Crippen LogP contribution < -0.4 is 0 Å². The number of benzene rings is 1. The minimum absolute atomic E-state index is 0.0981. The summed E-state index contributed by atoms with van der Waals surface area (Å²) in [5, 5.41) is 2.52. The highest BCUT2D eigenvalue weighted by molar-refractivity contribution is 7.89. The van der Waals surface area contributed by atoms with Gasteiger partial charge in [0.15, 0.2) is 0 Å². The third-order valence-corrected chi connectivity index (χ3v) is 6.40. The lowest BCUT2D eigenvalue weighted by Gasteiger charge is -2.23. The molecular weight excluding hydrogens is 337 g/mol. The maximum absolute atomic E-state index is 12.6. The minimum Gasteiger partial charge on any atom is -0.207 e. The van der Waals surface area contributed by atoms with E-state index in [0.29, 0.717) is 10.0 Å². The lowest BCUT2D eigenvalue weighted by atomic mass is 10.3. The third-order valence-electron chi connectivity index (χ3n) is 3.01. The van der Waals surface area contributed by atoms with E-state index in [1.807, 2.05) is 24.4 Å². The first kappa shape index (κ1) is 15.8. The van der Waals surface area contributed by atoms with E-state index in [4.69, 9.17) is 23.2 Å². The number of rotatable bonds is 4. The minimum atomic E-state index is -3.64. The normalized spacial score (nSPS) is 13.7. The average molecular weight is 350 g/mol. The van der Waals surface area contributed by atoms with Crippen LogP contribution in [0.2, 0.25) is 10.0 Å². The second-order valence-corrected chi connectivity index (χ2v) is 8.17. The van der Waals surface area contributed by atoms with Crippen molar-refractivity contribution in [2.75, 3.05) is 7.05 Å². The summed E-state index contributed by atoms with van der Waals surface area (Å²) in [5.74, 6) is 0. The maximum atomic E-state index is 12.6. The first-order valence-corrected chi connectivity index (χ1v) is 8.87. The molecule has 108 valence electrons. The van der Waals surface area contributed by atoms with E-state index in [0.717, 1.165) is 4.88 Å². The quantitative estimate of drug-likeness (QED) is 0.818. The number of nitrogens with zero attached hydrogens (tertiary/aromatic N) is 1. The van der Waals surface area contributed by atoms with Gasteiger partial charge in [0.2, 0.25) is 10.0 Å². The van der Waals surface area contributed by atoms with Gasteiger partial charge >= 0.3 is 0 Å². The highest BCUT2D eigenvalue weighted by atomic mass is 35.5. The summed E-state index contributed by atoms with van der Waals surface area (Å²) in [5.41, 5.74) is 0. The molecule has 0 aliphatic heterocycles. The van der Waals surface area contributed by atoms with E-state index in [1.54, 1.807) is 7.05 Å². The first-order chi connectivity index (χ1) is 9.32. The van der Waals surface area contributed by atoms with Crippen molar-refractivity contribution in [3.05, 3.63) is 50.6 Å². The Kier molecular flexibility index (Phi) is 4.76. The van der Waals surface area contributed by atoms with Gasteiger partial charge in [-0.1, -0.05) is 29.3 Å². The number of halogens is 2. The zero-order chi connectivity index (χ0) is 14.9. The van der Waals surface area contributed by atoms with Gasteiger partial charge in [-0.25, -0.2) is 8.42 Å². The number of sulfonamides is 1. The SMILES string of the molecule is CC(c1cccs1)N(C)S(=O)(=O)c1cc(Cl)cc(Cl)c1. The largest absolute Gasteiger partial charge is 0.243 e. The predicted octanol–water partition coefficient (Wildman–Crippen LogP) is 4.44. The van der Waals surface area contributed by atoms with Gasteiger partial charge in [-0.3, -0.25) is 0 Å². The van der Waals surface area contributed by atoms with Crippen LogP contribution in [0.25, 0.3) is 0 Å². The predicted molar refractivity (Wildman–Crippen MR) is 84.1 cm³/mol. The Morgan fingerprint density at radius 2 is 1.80 bits per heavy atom. The zero-order valence-corrected chi connectivity index (χ0v) is 14.0. The fourth-order valence-corrected chi connectivity index (χ4v) is 4.72. The van der Waals surface area contributed by atoms with Crippen molar-refractivity contribution in [1.29, 1.82) is 0 Å². The third kappa shape index (κ3) is 3.18. The van der Waals surface area contributed by atoms with Gasteiger partial charge in [0.1, 0.15) is 0 Å². The standard InChI is InChI=1S/C13H13Cl2NO2S2/c1-9(13-4-3-5-19-13)16(2)20(17,18)12-7-10(14)6-11(15)8-12/h3-9H,1-2H3. The molecule has 1 atom stereocenters. The summed E-state index contributed by atoms with van der Waals surface area (Å²) in [7, 11) is -2.09. The molecule has 1 heterocycles. The average Bonchev–Trinajstić information content (AvgIpc) is 2.89. The van der Waals surface area contributed by atoms with E-state index in [1.165, 1.54) is 33.8 Å².